The van der Waals surface area contributed by atoms with E-state index in [1.807, 2.05) is 12.1 Å². The summed E-state index contributed by atoms with van der Waals surface area (Å²) in [6, 6.07) is 10.8. The molecule has 0 aliphatic heterocycles. The number of hydrogen-bond acceptors (Lipinski definition) is 6. The van der Waals surface area contributed by atoms with Crippen molar-refractivity contribution in [3.63, 3.8) is 0 Å². The van der Waals surface area contributed by atoms with Crippen molar-refractivity contribution < 1.29 is 18.9 Å². The van der Waals surface area contributed by atoms with Crippen molar-refractivity contribution in [2.24, 2.45) is 11.5 Å². The van der Waals surface area contributed by atoms with Crippen molar-refractivity contribution in [2.45, 2.75) is 213 Å². The first-order valence-electron chi connectivity index (χ1n) is 23.4. The van der Waals surface area contributed by atoms with Crippen LogP contribution in [0.25, 0.3) is 0 Å². The van der Waals surface area contributed by atoms with Gasteiger partial charge in [0.25, 0.3) is 0 Å². The summed E-state index contributed by atoms with van der Waals surface area (Å²) in [5.41, 5.74) is 13.0. The van der Waals surface area contributed by atoms with Gasteiger partial charge in [-0.05, 0) is 43.5 Å². The van der Waals surface area contributed by atoms with Crippen LogP contribution in [0.1, 0.15) is 218 Å². The van der Waals surface area contributed by atoms with Crippen molar-refractivity contribution >= 4 is 11.7 Å². The zero-order valence-electron chi connectivity index (χ0n) is 36.7. The fraction of sp³-hybridized carbons (Fsp3) is 0.714. The van der Waals surface area contributed by atoms with Crippen LogP contribution in [-0.2, 0) is 0 Å². The van der Waals surface area contributed by atoms with Gasteiger partial charge >= 0.3 is 0 Å². The van der Waals surface area contributed by atoms with Crippen LogP contribution in [0.5, 0.6) is 23.0 Å². The highest BCUT2D eigenvalue weighted by molar-refractivity contribution is 5.96. The van der Waals surface area contributed by atoms with E-state index in [2.05, 4.69) is 20.8 Å². The Kier molecular flexibility index (Phi) is 29.3. The van der Waals surface area contributed by atoms with E-state index in [4.69, 9.17) is 41.2 Å². The smallest absolute Gasteiger partial charge is 0.241 e. The first kappa shape index (κ1) is 49.7. The van der Waals surface area contributed by atoms with Gasteiger partial charge in [-0.15, -0.1) is 0 Å². The maximum atomic E-state index is 8.12. The maximum Gasteiger partial charge on any atom is 0.241 e. The zero-order valence-corrected chi connectivity index (χ0v) is 36.7. The van der Waals surface area contributed by atoms with E-state index >= 15 is 0 Å². The molecule has 2 rings (SSSR count). The fourth-order valence-electron chi connectivity index (χ4n) is 7.19. The molecule has 0 saturated heterocycles. The molecular formula is C49H84N4O4. The standard InChI is InChI=1S/C49H84N4O4/c1-4-7-10-12-14-16-18-20-22-24-26-28-30-33-54-43-35-41(48(50)51)37-45(39-43)56-47(32-9-6-3)57-46-38-42(49(52)53)36-44(40-46)55-34-31-29-27-25-23-21-19-17-15-13-11-8-5-2/h35-40,47H,4-34H2,1-3H3,(H3,50,51)(H3,52,53). The molecule has 0 spiro atoms. The van der Waals surface area contributed by atoms with Gasteiger partial charge in [0.05, 0.1) is 13.2 Å². The molecule has 0 saturated carbocycles. The van der Waals surface area contributed by atoms with Crippen LogP contribution >= 0.6 is 0 Å². The van der Waals surface area contributed by atoms with E-state index in [9.17, 15) is 0 Å². The molecule has 0 aliphatic rings. The molecule has 57 heavy (non-hydrogen) atoms. The summed E-state index contributed by atoms with van der Waals surface area (Å²) in [4.78, 5) is 0. The number of ether oxygens (including phenoxy) is 4. The van der Waals surface area contributed by atoms with E-state index < -0.39 is 6.29 Å². The largest absolute Gasteiger partial charge is 0.493 e. The predicted octanol–water partition coefficient (Wildman–Crippen LogP) is 14.2. The predicted molar refractivity (Wildman–Crippen MR) is 242 cm³/mol. The lowest BCUT2D eigenvalue weighted by molar-refractivity contribution is -0.00242. The fourth-order valence-corrected chi connectivity index (χ4v) is 7.19. The summed E-state index contributed by atoms with van der Waals surface area (Å²) in [6.07, 6.45) is 35.8. The number of benzene rings is 2. The van der Waals surface area contributed by atoms with E-state index in [1.165, 1.54) is 141 Å². The van der Waals surface area contributed by atoms with Crippen molar-refractivity contribution in [3.8, 4) is 23.0 Å². The quantitative estimate of drug-likeness (QED) is 0.0230. The van der Waals surface area contributed by atoms with Gasteiger partial charge in [0.2, 0.25) is 6.29 Å². The van der Waals surface area contributed by atoms with Gasteiger partial charge in [-0.2, -0.15) is 0 Å². The first-order valence-corrected chi connectivity index (χ1v) is 23.4. The van der Waals surface area contributed by atoms with Crippen LogP contribution in [0.2, 0.25) is 0 Å². The van der Waals surface area contributed by atoms with Crippen molar-refractivity contribution in [1.29, 1.82) is 10.8 Å². The summed E-state index contributed by atoms with van der Waals surface area (Å²) in [7, 11) is 0. The van der Waals surface area contributed by atoms with Crippen LogP contribution < -0.4 is 30.4 Å². The van der Waals surface area contributed by atoms with Gasteiger partial charge in [0.1, 0.15) is 34.7 Å². The van der Waals surface area contributed by atoms with E-state index in [-0.39, 0.29) is 11.7 Å². The lowest BCUT2D eigenvalue weighted by atomic mass is 10.0. The Morgan fingerprint density at radius 2 is 0.684 bits per heavy atom. The van der Waals surface area contributed by atoms with Gasteiger partial charge in [-0.3, -0.25) is 10.8 Å². The van der Waals surface area contributed by atoms with Crippen LogP contribution in [0.4, 0.5) is 0 Å². The molecule has 8 heteroatoms. The minimum absolute atomic E-state index is 0.0447. The molecule has 8 nitrogen and oxygen atoms in total. The lowest BCUT2D eigenvalue weighted by Crippen LogP contribution is -2.24. The van der Waals surface area contributed by atoms with Crippen LogP contribution in [0.15, 0.2) is 36.4 Å². The molecule has 0 amide bonds. The molecule has 0 fully saturated rings. The Balaban J connectivity index is 1.84. The number of nitrogen functional groups attached to an aromatic ring is 2. The Bertz CT molecular complexity index is 1220. The third-order valence-corrected chi connectivity index (χ3v) is 10.7. The van der Waals surface area contributed by atoms with Gasteiger partial charge in [-0.1, -0.05) is 181 Å². The second-order valence-corrected chi connectivity index (χ2v) is 16.2. The second kappa shape index (κ2) is 33.5. The summed E-state index contributed by atoms with van der Waals surface area (Å²) in [6.45, 7) is 7.89. The highest BCUT2D eigenvalue weighted by Crippen LogP contribution is 2.29. The number of rotatable bonds is 39. The normalized spacial score (nSPS) is 11.7. The molecule has 2 aromatic carbocycles. The minimum Gasteiger partial charge on any atom is -0.493 e. The molecule has 0 radical (unpaired) electrons. The molecule has 0 aliphatic carbocycles. The topological polar surface area (TPSA) is 137 Å². The second-order valence-electron chi connectivity index (χ2n) is 16.2. The van der Waals surface area contributed by atoms with Gasteiger partial charge in [0.15, 0.2) is 0 Å². The number of hydrogen-bond donors (Lipinski definition) is 4. The number of unbranched alkanes of at least 4 members (excludes halogenated alkanes) is 25. The summed E-state index contributed by atoms with van der Waals surface area (Å²) in [5, 5.41) is 16.2. The molecule has 324 valence electrons. The Morgan fingerprint density at radius 1 is 0.404 bits per heavy atom. The number of amidine groups is 2. The Morgan fingerprint density at radius 3 is 0.982 bits per heavy atom. The number of nitrogens with one attached hydrogen (secondary N) is 2. The summed E-state index contributed by atoms with van der Waals surface area (Å²) in [5.74, 6) is 2.24. The van der Waals surface area contributed by atoms with Gasteiger partial charge in [-0.25, -0.2) is 0 Å². The minimum atomic E-state index is -0.614. The SMILES string of the molecule is CCCCCCCCCCCCCCCOc1cc(OC(CCCC)Oc2cc(OCCCCCCCCCCCCCCC)cc(C(=N)N)c2)cc(C(=N)N)c1. The van der Waals surface area contributed by atoms with Crippen LogP contribution in [-0.4, -0.2) is 31.2 Å². The monoisotopic (exact) mass is 793 g/mol. The summed E-state index contributed by atoms with van der Waals surface area (Å²) < 4.78 is 25.1. The molecule has 0 heterocycles. The highest BCUT2D eigenvalue weighted by Gasteiger charge is 2.17. The van der Waals surface area contributed by atoms with Crippen molar-refractivity contribution in [2.75, 3.05) is 13.2 Å². The van der Waals surface area contributed by atoms with E-state index in [0.29, 0.717) is 53.8 Å². The lowest BCUT2D eigenvalue weighted by Gasteiger charge is -2.22. The molecule has 6 N–H and O–H groups in total. The average molecular weight is 793 g/mol. The Hall–Kier alpha value is -3.42. The molecule has 0 atom stereocenters. The third kappa shape index (κ3) is 25.5. The van der Waals surface area contributed by atoms with Crippen molar-refractivity contribution in [3.05, 3.63) is 47.5 Å². The summed E-state index contributed by atoms with van der Waals surface area (Å²) >= 11 is 0. The molecule has 0 bridgehead atoms. The van der Waals surface area contributed by atoms with E-state index in [1.54, 1.807) is 24.3 Å². The third-order valence-electron chi connectivity index (χ3n) is 10.7. The molecule has 0 aromatic heterocycles. The van der Waals surface area contributed by atoms with Gasteiger partial charge < -0.3 is 30.4 Å². The first-order chi connectivity index (χ1) is 27.9. The van der Waals surface area contributed by atoms with Gasteiger partial charge in [0, 0.05) is 29.7 Å². The van der Waals surface area contributed by atoms with Crippen molar-refractivity contribution in [1.82, 2.24) is 0 Å². The number of nitrogens with two attached hydrogens (primary N) is 2. The van der Waals surface area contributed by atoms with Crippen LogP contribution in [0, 0.1) is 10.8 Å². The van der Waals surface area contributed by atoms with Crippen LogP contribution in [0.3, 0.4) is 0 Å². The maximum absolute atomic E-state index is 8.12. The average Bonchev–Trinajstić information content (AvgIpc) is 3.20. The highest BCUT2D eigenvalue weighted by atomic mass is 16.7. The van der Waals surface area contributed by atoms with E-state index in [0.717, 1.165) is 38.5 Å². The molecular weight excluding hydrogens is 709 g/mol. The molecule has 2 aromatic rings. The zero-order chi connectivity index (χ0) is 41.2. The Labute approximate surface area is 348 Å². The molecule has 0 unspecified atom stereocenters.